The van der Waals surface area contributed by atoms with Crippen molar-refractivity contribution in [3.8, 4) is 0 Å². The normalized spacial score (nSPS) is 26.0. The number of carbonyl (C=O) groups is 1. The Morgan fingerprint density at radius 3 is 2.76 bits per heavy atom. The Balaban J connectivity index is 1.35. The first-order valence-corrected chi connectivity index (χ1v) is 12.3. The molecule has 1 atom stereocenters. The summed E-state index contributed by atoms with van der Waals surface area (Å²) in [5, 5.41) is 4.08. The lowest BCUT2D eigenvalue weighted by molar-refractivity contribution is 0.0942. The van der Waals surface area contributed by atoms with Crippen LogP contribution in [0.4, 0.5) is 0 Å². The molecular formula is C20H18ClN3O3S2. The Labute approximate surface area is 177 Å². The number of nitrogens with zero attached hydrogens (tertiary/aromatic N) is 2. The highest BCUT2D eigenvalue weighted by atomic mass is 35.5. The summed E-state index contributed by atoms with van der Waals surface area (Å²) in [6.45, 7) is 1.57. The third-order valence-electron chi connectivity index (χ3n) is 6.09. The van der Waals surface area contributed by atoms with Crippen LogP contribution < -0.4 is 5.32 Å². The summed E-state index contributed by atoms with van der Waals surface area (Å²) in [7, 11) is -3.29. The van der Waals surface area contributed by atoms with Gasteiger partial charge < -0.3 is 5.32 Å². The summed E-state index contributed by atoms with van der Waals surface area (Å²) in [4.78, 5) is 21.7. The Morgan fingerprint density at radius 2 is 2.03 bits per heavy atom. The molecule has 2 fully saturated rings. The topological polar surface area (TPSA) is 89.0 Å². The van der Waals surface area contributed by atoms with E-state index in [-0.39, 0.29) is 16.9 Å². The van der Waals surface area contributed by atoms with E-state index in [1.807, 2.05) is 18.2 Å². The lowest BCUT2D eigenvalue weighted by Gasteiger charge is -2.11. The number of aromatic nitrogens is 2. The van der Waals surface area contributed by atoms with Gasteiger partial charge in [0.2, 0.25) is 0 Å². The summed E-state index contributed by atoms with van der Waals surface area (Å²) in [6.07, 6.45) is 4.39. The molecule has 1 unspecified atom stereocenters. The minimum absolute atomic E-state index is 0.0747. The number of hydrogen-bond donors (Lipinski definition) is 1. The smallest absolute Gasteiger partial charge is 0.251 e. The van der Waals surface area contributed by atoms with E-state index in [0.29, 0.717) is 16.3 Å². The second-order valence-electron chi connectivity index (χ2n) is 8.04. The van der Waals surface area contributed by atoms with Crippen molar-refractivity contribution >= 4 is 48.9 Å². The maximum atomic E-state index is 12.8. The van der Waals surface area contributed by atoms with E-state index in [1.165, 1.54) is 12.5 Å². The zero-order chi connectivity index (χ0) is 20.6. The highest BCUT2D eigenvalue weighted by Gasteiger charge is 2.86. The molecule has 2 aromatic heterocycles. The summed E-state index contributed by atoms with van der Waals surface area (Å²) in [5.74, 6) is -0.210. The van der Waals surface area contributed by atoms with Crippen LogP contribution in [0.3, 0.4) is 0 Å². The zero-order valence-electron chi connectivity index (χ0n) is 15.8. The van der Waals surface area contributed by atoms with Gasteiger partial charge in [-0.3, -0.25) is 9.78 Å². The molecule has 1 aromatic carbocycles. The van der Waals surface area contributed by atoms with Crippen LogP contribution >= 0.6 is 22.9 Å². The number of nitrogens with one attached hydrogen (secondary N) is 1. The summed E-state index contributed by atoms with van der Waals surface area (Å²) < 4.78 is 24.7. The Morgan fingerprint density at radius 1 is 1.28 bits per heavy atom. The van der Waals surface area contributed by atoms with Gasteiger partial charge in [0.25, 0.3) is 5.91 Å². The van der Waals surface area contributed by atoms with Crippen molar-refractivity contribution in [2.75, 3.05) is 6.26 Å². The van der Waals surface area contributed by atoms with Gasteiger partial charge in [0, 0.05) is 28.5 Å². The molecular weight excluding hydrogens is 430 g/mol. The number of benzene rings is 1. The molecule has 1 N–H and O–H groups in total. The molecule has 29 heavy (non-hydrogen) atoms. The van der Waals surface area contributed by atoms with Crippen LogP contribution in [0.15, 0.2) is 36.5 Å². The van der Waals surface area contributed by atoms with Crippen molar-refractivity contribution in [3.05, 3.63) is 57.8 Å². The molecule has 0 aliphatic heterocycles. The van der Waals surface area contributed by atoms with Crippen LogP contribution in [-0.2, 0) is 15.3 Å². The molecule has 0 bridgehead atoms. The van der Waals surface area contributed by atoms with E-state index >= 15 is 0 Å². The van der Waals surface area contributed by atoms with Crippen LogP contribution in [-0.4, -0.2) is 36.1 Å². The van der Waals surface area contributed by atoms with Gasteiger partial charge in [-0.1, -0.05) is 11.6 Å². The maximum absolute atomic E-state index is 12.8. The van der Waals surface area contributed by atoms with Crippen LogP contribution in [0.2, 0.25) is 5.02 Å². The first kappa shape index (κ1) is 19.0. The second-order valence-corrected chi connectivity index (χ2v) is 11.9. The van der Waals surface area contributed by atoms with Crippen molar-refractivity contribution in [3.63, 3.8) is 0 Å². The van der Waals surface area contributed by atoms with Gasteiger partial charge in [-0.25, -0.2) is 13.4 Å². The number of amides is 1. The number of thiazole rings is 1. The van der Waals surface area contributed by atoms with E-state index in [1.54, 1.807) is 30.4 Å². The number of sulfone groups is 1. The molecule has 0 saturated heterocycles. The Bertz CT molecular complexity index is 1280. The van der Waals surface area contributed by atoms with Crippen LogP contribution in [0, 0.1) is 0 Å². The summed E-state index contributed by atoms with van der Waals surface area (Å²) >= 11 is 7.71. The summed E-state index contributed by atoms with van der Waals surface area (Å²) in [6, 6.07) is 8.86. The predicted molar refractivity (Wildman–Crippen MR) is 113 cm³/mol. The van der Waals surface area contributed by atoms with E-state index in [2.05, 4.69) is 10.3 Å². The van der Waals surface area contributed by atoms with Crippen LogP contribution in [0.5, 0.6) is 0 Å². The zero-order valence-corrected chi connectivity index (χ0v) is 18.2. The predicted octanol–water partition coefficient (Wildman–Crippen LogP) is 3.66. The van der Waals surface area contributed by atoms with Gasteiger partial charge in [-0.2, -0.15) is 0 Å². The van der Waals surface area contributed by atoms with Gasteiger partial charge in [0.1, 0.15) is 10.3 Å². The number of carbonyl (C=O) groups excluding carboxylic acids is 1. The van der Waals surface area contributed by atoms with Crippen molar-refractivity contribution in [2.45, 2.75) is 36.0 Å². The van der Waals surface area contributed by atoms with Crippen molar-refractivity contribution in [1.82, 2.24) is 15.3 Å². The number of rotatable bonds is 5. The number of pyridine rings is 1. The maximum Gasteiger partial charge on any atom is 0.251 e. The van der Waals surface area contributed by atoms with Crippen molar-refractivity contribution in [2.24, 2.45) is 0 Å². The van der Waals surface area contributed by atoms with E-state index in [4.69, 9.17) is 16.6 Å². The average Bonchev–Trinajstić information content (AvgIpc) is 3.40. The Kier molecular flexibility index (Phi) is 3.92. The standard InChI is InChI=1S/C20H18ClN3O3S2/c1-11(29(2,26)27)14-7-12(5-6-22-14)17(25)24-20-9-19(20,10-20)18-23-15-8-13(21)3-4-16(15)28-18/h3-8,11H,9-10H2,1-2H3,(H,24,25). The lowest BCUT2D eigenvalue weighted by atomic mass is 10.2. The largest absolute Gasteiger partial charge is 0.346 e. The lowest BCUT2D eigenvalue weighted by Crippen LogP contribution is -2.31. The highest BCUT2D eigenvalue weighted by Crippen LogP contribution is 2.79. The molecule has 3 aromatic rings. The van der Waals surface area contributed by atoms with Crippen LogP contribution in [0.25, 0.3) is 10.2 Å². The number of hydrogen-bond acceptors (Lipinski definition) is 6. The fourth-order valence-electron chi connectivity index (χ4n) is 3.88. The van der Waals surface area contributed by atoms with Crippen LogP contribution in [0.1, 0.15) is 46.1 Å². The third kappa shape index (κ3) is 2.96. The fraction of sp³-hybridized carbons (Fsp3) is 0.350. The van der Waals surface area contributed by atoms with Gasteiger partial charge >= 0.3 is 0 Å². The van der Waals surface area contributed by atoms with E-state index < -0.39 is 15.1 Å². The molecule has 0 radical (unpaired) electrons. The minimum Gasteiger partial charge on any atom is -0.346 e. The van der Waals surface area contributed by atoms with Gasteiger partial charge in [0.05, 0.1) is 21.4 Å². The molecule has 5 rings (SSSR count). The molecule has 2 saturated carbocycles. The SMILES string of the molecule is CC(c1cc(C(=O)NC23CC2(c2nc4cc(Cl)ccc4s2)C3)ccn1)S(C)(=O)=O. The molecule has 1 amide bonds. The first-order valence-electron chi connectivity index (χ1n) is 9.18. The quantitative estimate of drug-likeness (QED) is 0.644. The fourth-order valence-corrected chi connectivity index (χ4v) is 5.85. The van der Waals surface area contributed by atoms with Gasteiger partial charge in [-0.05, 0) is 50.1 Å². The summed E-state index contributed by atoms with van der Waals surface area (Å²) in [5.41, 5.74) is 1.36. The third-order valence-corrected chi connectivity index (χ3v) is 9.09. The van der Waals surface area contributed by atoms with E-state index in [9.17, 15) is 13.2 Å². The van der Waals surface area contributed by atoms with Gasteiger partial charge in [-0.15, -0.1) is 11.3 Å². The van der Waals surface area contributed by atoms with E-state index in [0.717, 1.165) is 28.1 Å². The monoisotopic (exact) mass is 447 g/mol. The Hall–Kier alpha value is -2.03. The molecule has 9 heteroatoms. The molecule has 2 aliphatic carbocycles. The molecule has 150 valence electrons. The minimum atomic E-state index is -3.29. The molecule has 2 aliphatic rings. The van der Waals surface area contributed by atoms with Gasteiger partial charge in [0.15, 0.2) is 9.84 Å². The van der Waals surface area contributed by atoms with Crippen molar-refractivity contribution in [1.29, 1.82) is 0 Å². The molecule has 0 spiro atoms. The number of halogens is 1. The number of fused-ring (bicyclic) bond motifs is 2. The first-order chi connectivity index (χ1) is 13.6. The second kappa shape index (κ2) is 6.00. The van der Waals surface area contributed by atoms with Crippen molar-refractivity contribution < 1.29 is 13.2 Å². The highest BCUT2D eigenvalue weighted by molar-refractivity contribution is 7.90. The molecule has 2 heterocycles. The average molecular weight is 448 g/mol. The molecule has 6 nitrogen and oxygen atoms in total.